The summed E-state index contributed by atoms with van der Waals surface area (Å²) >= 11 is 6.18. The van der Waals surface area contributed by atoms with Crippen LogP contribution >= 0.6 is 11.6 Å². The average molecular weight is 414 g/mol. The van der Waals surface area contributed by atoms with Crippen LogP contribution in [0.1, 0.15) is 37.7 Å². The van der Waals surface area contributed by atoms with E-state index in [1.165, 1.54) is 19.3 Å². The molecule has 154 valence electrons. The lowest BCUT2D eigenvalue weighted by Gasteiger charge is -2.49. The second kappa shape index (κ2) is 7.66. The summed E-state index contributed by atoms with van der Waals surface area (Å²) in [5.74, 6) is 0. The minimum atomic E-state index is -0.383. The van der Waals surface area contributed by atoms with Gasteiger partial charge in [0.15, 0.2) is 0 Å². The first kappa shape index (κ1) is 20.2. The van der Waals surface area contributed by atoms with E-state index in [4.69, 9.17) is 16.3 Å². The molecular formula is C24H30ClN2O2+. The number of fused-ring (bicyclic) bond motifs is 2. The van der Waals surface area contributed by atoms with Crippen molar-refractivity contribution in [3.8, 4) is 11.1 Å². The maximum atomic E-state index is 12.8. The lowest BCUT2D eigenvalue weighted by Crippen LogP contribution is -2.63. The standard InChI is InChI=1S/C24H29ClN2O2/c1-17-7-4-11-21(18-8-5-9-19(25)15-18)22(17)26-23(28)29-16-24-13-6-10-20(12-14-24)27(24,2)3/h4-5,7-9,11,15,20H,6,10,12-14,16H2,1-3H3/p+1. The third-order valence-corrected chi connectivity index (χ3v) is 7.60. The van der Waals surface area contributed by atoms with E-state index >= 15 is 0 Å². The largest absolute Gasteiger partial charge is 0.443 e. The number of aryl methyl sites for hydroxylation is 1. The third kappa shape index (κ3) is 3.64. The quantitative estimate of drug-likeness (QED) is 0.622. The van der Waals surface area contributed by atoms with Gasteiger partial charge in [0.1, 0.15) is 12.1 Å². The van der Waals surface area contributed by atoms with Crippen LogP contribution in [-0.2, 0) is 4.74 Å². The van der Waals surface area contributed by atoms with Crippen molar-refractivity contribution in [1.82, 2.24) is 0 Å². The van der Waals surface area contributed by atoms with Crippen molar-refractivity contribution in [3.63, 3.8) is 0 Å². The molecular weight excluding hydrogens is 384 g/mol. The molecule has 2 aromatic carbocycles. The molecule has 1 N–H and O–H groups in total. The maximum absolute atomic E-state index is 12.8. The van der Waals surface area contributed by atoms with Crippen LogP contribution in [0.2, 0.25) is 5.02 Å². The van der Waals surface area contributed by atoms with Crippen molar-refractivity contribution in [3.05, 3.63) is 53.1 Å². The number of nitrogens with one attached hydrogen (secondary N) is 1. The highest BCUT2D eigenvalue weighted by molar-refractivity contribution is 6.30. The molecule has 2 aliphatic rings. The molecule has 0 aromatic heterocycles. The number of likely N-dealkylation sites (N-methyl/N-ethyl adjacent to an activating group) is 1. The molecule has 0 spiro atoms. The fourth-order valence-electron chi connectivity index (χ4n) is 5.36. The summed E-state index contributed by atoms with van der Waals surface area (Å²) in [4.78, 5) is 12.8. The highest BCUT2D eigenvalue weighted by Gasteiger charge is 2.58. The number of carbonyl (C=O) groups excluding carboxylic acids is 1. The normalized spacial score (nSPS) is 24.9. The number of anilines is 1. The lowest BCUT2D eigenvalue weighted by molar-refractivity contribution is -0.956. The Bertz CT molecular complexity index is 923. The first-order valence-corrected chi connectivity index (χ1v) is 10.8. The fourth-order valence-corrected chi connectivity index (χ4v) is 5.55. The number of quaternary nitrogens is 1. The SMILES string of the molecule is Cc1cccc(-c2cccc(Cl)c2)c1NC(=O)OCC12CCCC(CC1)[N+]2(C)C. The van der Waals surface area contributed by atoms with Crippen LogP contribution in [0.4, 0.5) is 10.5 Å². The topological polar surface area (TPSA) is 38.3 Å². The van der Waals surface area contributed by atoms with Gasteiger partial charge in [0.25, 0.3) is 0 Å². The van der Waals surface area contributed by atoms with Gasteiger partial charge in [0, 0.05) is 29.8 Å². The summed E-state index contributed by atoms with van der Waals surface area (Å²) in [7, 11) is 4.60. The molecule has 2 saturated heterocycles. The zero-order valence-electron chi connectivity index (χ0n) is 17.5. The van der Waals surface area contributed by atoms with Gasteiger partial charge in [-0.15, -0.1) is 0 Å². The van der Waals surface area contributed by atoms with E-state index in [2.05, 4.69) is 19.4 Å². The highest BCUT2D eigenvalue weighted by Crippen LogP contribution is 2.48. The van der Waals surface area contributed by atoms with Crippen molar-refractivity contribution in [2.24, 2.45) is 0 Å². The molecule has 4 nitrogen and oxygen atoms in total. The number of amides is 1. The molecule has 2 bridgehead atoms. The number of halogens is 1. The molecule has 5 heteroatoms. The van der Waals surface area contributed by atoms with Gasteiger partial charge in [0.2, 0.25) is 0 Å². The molecule has 0 saturated carbocycles. The van der Waals surface area contributed by atoms with E-state index in [9.17, 15) is 4.79 Å². The second-order valence-corrected chi connectivity index (χ2v) is 9.49. The molecule has 1 amide bonds. The van der Waals surface area contributed by atoms with Crippen molar-refractivity contribution in [2.45, 2.75) is 50.6 Å². The van der Waals surface area contributed by atoms with E-state index in [1.807, 2.05) is 49.4 Å². The zero-order valence-corrected chi connectivity index (χ0v) is 18.3. The summed E-state index contributed by atoms with van der Waals surface area (Å²) in [5, 5.41) is 3.68. The molecule has 2 aromatic rings. The predicted molar refractivity (Wildman–Crippen MR) is 118 cm³/mol. The molecule has 2 unspecified atom stereocenters. The number of carbonyl (C=O) groups is 1. The molecule has 2 atom stereocenters. The minimum absolute atomic E-state index is 0.0573. The number of piperidine rings is 1. The van der Waals surface area contributed by atoms with E-state index < -0.39 is 0 Å². The molecule has 2 heterocycles. The van der Waals surface area contributed by atoms with E-state index in [0.717, 1.165) is 39.7 Å². The molecule has 2 aliphatic heterocycles. The van der Waals surface area contributed by atoms with Crippen LogP contribution in [0, 0.1) is 6.92 Å². The van der Waals surface area contributed by atoms with Crippen molar-refractivity contribution < 1.29 is 14.0 Å². The van der Waals surface area contributed by atoms with Gasteiger partial charge >= 0.3 is 6.09 Å². The van der Waals surface area contributed by atoms with Crippen LogP contribution in [-0.4, -0.2) is 42.9 Å². The van der Waals surface area contributed by atoms with Crippen LogP contribution in [0.5, 0.6) is 0 Å². The molecule has 2 fully saturated rings. The Hall–Kier alpha value is -2.04. The molecule has 0 radical (unpaired) electrons. The van der Waals surface area contributed by atoms with Crippen LogP contribution in [0.15, 0.2) is 42.5 Å². The van der Waals surface area contributed by atoms with Crippen LogP contribution < -0.4 is 5.32 Å². The molecule has 29 heavy (non-hydrogen) atoms. The molecule has 4 rings (SSSR count). The Morgan fingerprint density at radius 1 is 1.21 bits per heavy atom. The average Bonchev–Trinajstić information content (AvgIpc) is 2.84. The first-order valence-electron chi connectivity index (χ1n) is 10.5. The van der Waals surface area contributed by atoms with Gasteiger partial charge in [-0.05, 0) is 43.0 Å². The third-order valence-electron chi connectivity index (χ3n) is 7.37. The van der Waals surface area contributed by atoms with Gasteiger partial charge in [-0.1, -0.05) is 41.9 Å². The van der Waals surface area contributed by atoms with Crippen molar-refractivity contribution >= 4 is 23.4 Å². The number of hydrogen-bond donors (Lipinski definition) is 1. The minimum Gasteiger partial charge on any atom is -0.443 e. The maximum Gasteiger partial charge on any atom is 0.411 e. The van der Waals surface area contributed by atoms with E-state index in [0.29, 0.717) is 17.7 Å². The summed E-state index contributed by atoms with van der Waals surface area (Å²) in [6.07, 6.45) is 5.62. The van der Waals surface area contributed by atoms with E-state index in [1.54, 1.807) is 0 Å². The van der Waals surface area contributed by atoms with Crippen LogP contribution in [0.25, 0.3) is 11.1 Å². The monoisotopic (exact) mass is 413 g/mol. The second-order valence-electron chi connectivity index (χ2n) is 9.06. The van der Waals surface area contributed by atoms with Gasteiger partial charge in [-0.3, -0.25) is 5.32 Å². The number of benzene rings is 2. The fraction of sp³-hybridized carbons (Fsp3) is 0.458. The number of para-hydroxylation sites is 1. The van der Waals surface area contributed by atoms with E-state index in [-0.39, 0.29) is 11.6 Å². The van der Waals surface area contributed by atoms with Gasteiger partial charge in [0.05, 0.1) is 25.8 Å². The zero-order chi connectivity index (χ0) is 20.6. The van der Waals surface area contributed by atoms with Crippen molar-refractivity contribution in [2.75, 3.05) is 26.0 Å². The van der Waals surface area contributed by atoms with Gasteiger partial charge < -0.3 is 9.22 Å². The van der Waals surface area contributed by atoms with Gasteiger partial charge in [-0.2, -0.15) is 0 Å². The Morgan fingerprint density at radius 2 is 2.00 bits per heavy atom. The predicted octanol–water partition coefficient (Wildman–Crippen LogP) is 6.03. The number of nitrogens with zero attached hydrogens (tertiary/aromatic N) is 1. The lowest BCUT2D eigenvalue weighted by atomic mass is 9.87. The summed E-state index contributed by atoms with van der Waals surface area (Å²) in [6.45, 7) is 2.46. The first-order chi connectivity index (χ1) is 13.8. The van der Waals surface area contributed by atoms with Crippen molar-refractivity contribution in [1.29, 1.82) is 0 Å². The Morgan fingerprint density at radius 3 is 2.79 bits per heavy atom. The summed E-state index contributed by atoms with van der Waals surface area (Å²) < 4.78 is 6.79. The summed E-state index contributed by atoms with van der Waals surface area (Å²) in [5.41, 5.74) is 3.74. The molecule has 0 aliphatic carbocycles. The highest BCUT2D eigenvalue weighted by atomic mass is 35.5. The summed E-state index contributed by atoms with van der Waals surface area (Å²) in [6, 6.07) is 14.3. The Kier molecular flexibility index (Phi) is 5.34. The number of ether oxygens (including phenoxy) is 1. The number of hydrogen-bond acceptors (Lipinski definition) is 2. The van der Waals surface area contributed by atoms with Crippen LogP contribution in [0.3, 0.4) is 0 Å². The Balaban J connectivity index is 1.51. The Labute approximate surface area is 178 Å². The number of rotatable bonds is 4. The van der Waals surface area contributed by atoms with Gasteiger partial charge in [-0.25, -0.2) is 4.79 Å². The smallest absolute Gasteiger partial charge is 0.411 e.